The van der Waals surface area contributed by atoms with Crippen molar-refractivity contribution < 1.29 is 0 Å². The number of nitrogens with zero attached hydrogens (tertiary/aromatic N) is 1. The lowest BCUT2D eigenvalue weighted by molar-refractivity contribution is 0.182. The molecule has 1 saturated heterocycles. The molecule has 0 atom stereocenters. The highest BCUT2D eigenvalue weighted by atomic mass is 15.5. The third-order valence-corrected chi connectivity index (χ3v) is 2.60. The molecule has 0 saturated carbocycles. The molecule has 3 nitrogen and oxygen atoms in total. The normalized spacial score (nSPS) is 26.1. The predicted molar refractivity (Wildman–Crippen MR) is 49.5 cm³/mol. The number of rotatable bonds is 1. The molecule has 0 radical (unpaired) electrons. The molecule has 0 unspecified atom stereocenters. The SMILES string of the molecule is CC1=CN(C2CCNCC2)NC1. The lowest BCUT2D eigenvalue weighted by atomic mass is 10.1. The molecule has 0 aromatic carbocycles. The Hall–Kier alpha value is -0.540. The van der Waals surface area contributed by atoms with Crippen LogP contribution in [0.15, 0.2) is 11.8 Å². The first-order valence-corrected chi connectivity index (χ1v) is 4.76. The molecule has 3 heteroatoms. The van der Waals surface area contributed by atoms with Gasteiger partial charge in [0.15, 0.2) is 0 Å². The quantitative estimate of drug-likeness (QED) is 0.594. The summed E-state index contributed by atoms with van der Waals surface area (Å²) in [5.41, 5.74) is 4.83. The van der Waals surface area contributed by atoms with E-state index in [-0.39, 0.29) is 0 Å². The van der Waals surface area contributed by atoms with Gasteiger partial charge in [-0.15, -0.1) is 0 Å². The van der Waals surface area contributed by atoms with E-state index in [0.717, 1.165) is 19.6 Å². The van der Waals surface area contributed by atoms with Crippen LogP contribution in [0, 0.1) is 0 Å². The second-order valence-electron chi connectivity index (χ2n) is 3.70. The van der Waals surface area contributed by atoms with E-state index < -0.39 is 0 Å². The largest absolute Gasteiger partial charge is 0.317 e. The molecule has 68 valence electrons. The summed E-state index contributed by atoms with van der Waals surface area (Å²) in [5.74, 6) is 0. The fourth-order valence-electron chi connectivity index (χ4n) is 1.86. The van der Waals surface area contributed by atoms with Crippen LogP contribution in [0.4, 0.5) is 0 Å². The summed E-state index contributed by atoms with van der Waals surface area (Å²) >= 11 is 0. The smallest absolute Gasteiger partial charge is 0.0472 e. The molecule has 2 heterocycles. The van der Waals surface area contributed by atoms with Crippen molar-refractivity contribution in [1.29, 1.82) is 0 Å². The first-order valence-electron chi connectivity index (χ1n) is 4.76. The Bertz CT molecular complexity index is 182. The molecular weight excluding hydrogens is 150 g/mol. The van der Waals surface area contributed by atoms with E-state index in [1.165, 1.54) is 18.4 Å². The lowest BCUT2D eigenvalue weighted by Gasteiger charge is -2.31. The van der Waals surface area contributed by atoms with Crippen LogP contribution >= 0.6 is 0 Å². The van der Waals surface area contributed by atoms with Crippen molar-refractivity contribution in [2.45, 2.75) is 25.8 Å². The summed E-state index contributed by atoms with van der Waals surface area (Å²) in [6, 6.07) is 0.712. The van der Waals surface area contributed by atoms with Crippen molar-refractivity contribution in [3.05, 3.63) is 11.8 Å². The Morgan fingerprint density at radius 2 is 2.17 bits per heavy atom. The van der Waals surface area contributed by atoms with Crippen molar-refractivity contribution in [3.63, 3.8) is 0 Å². The van der Waals surface area contributed by atoms with Crippen LogP contribution in [0.3, 0.4) is 0 Å². The highest BCUT2D eigenvalue weighted by molar-refractivity contribution is 5.05. The minimum absolute atomic E-state index is 0.712. The first kappa shape index (κ1) is 8.08. The van der Waals surface area contributed by atoms with E-state index in [1.54, 1.807) is 0 Å². The topological polar surface area (TPSA) is 27.3 Å². The molecule has 0 spiro atoms. The Morgan fingerprint density at radius 3 is 2.75 bits per heavy atom. The van der Waals surface area contributed by atoms with E-state index in [2.05, 4.69) is 28.9 Å². The maximum Gasteiger partial charge on any atom is 0.0472 e. The van der Waals surface area contributed by atoms with Gasteiger partial charge in [-0.1, -0.05) is 0 Å². The standard InChI is InChI=1S/C9H17N3/c1-8-6-11-12(7-8)9-2-4-10-5-3-9/h7,9-11H,2-6H2,1H3. The van der Waals surface area contributed by atoms with Gasteiger partial charge in [-0.05, 0) is 38.4 Å². The van der Waals surface area contributed by atoms with Crippen LogP contribution < -0.4 is 10.7 Å². The molecular formula is C9H17N3. The van der Waals surface area contributed by atoms with Gasteiger partial charge in [-0.2, -0.15) is 0 Å². The molecule has 2 rings (SSSR count). The molecule has 1 fully saturated rings. The van der Waals surface area contributed by atoms with Crippen molar-refractivity contribution in [3.8, 4) is 0 Å². The molecule has 2 aliphatic heterocycles. The number of hydrogen-bond donors (Lipinski definition) is 2. The monoisotopic (exact) mass is 167 g/mol. The molecule has 0 aliphatic carbocycles. The Morgan fingerprint density at radius 1 is 1.42 bits per heavy atom. The second-order valence-corrected chi connectivity index (χ2v) is 3.70. The molecule has 0 aromatic heterocycles. The van der Waals surface area contributed by atoms with Gasteiger partial charge >= 0.3 is 0 Å². The Balaban J connectivity index is 1.91. The average molecular weight is 167 g/mol. The molecule has 2 aliphatic rings. The van der Waals surface area contributed by atoms with Gasteiger partial charge in [-0.3, -0.25) is 0 Å². The lowest BCUT2D eigenvalue weighted by Crippen LogP contribution is -2.44. The zero-order valence-electron chi connectivity index (χ0n) is 7.64. The van der Waals surface area contributed by atoms with Crippen LogP contribution in [-0.4, -0.2) is 30.7 Å². The van der Waals surface area contributed by atoms with Crippen molar-refractivity contribution in [2.24, 2.45) is 0 Å². The minimum atomic E-state index is 0.712. The summed E-state index contributed by atoms with van der Waals surface area (Å²) in [7, 11) is 0. The van der Waals surface area contributed by atoms with E-state index in [4.69, 9.17) is 0 Å². The van der Waals surface area contributed by atoms with Crippen molar-refractivity contribution in [1.82, 2.24) is 15.8 Å². The summed E-state index contributed by atoms with van der Waals surface area (Å²) < 4.78 is 0. The third-order valence-electron chi connectivity index (χ3n) is 2.60. The highest BCUT2D eigenvalue weighted by Crippen LogP contribution is 2.14. The van der Waals surface area contributed by atoms with E-state index >= 15 is 0 Å². The highest BCUT2D eigenvalue weighted by Gasteiger charge is 2.20. The molecule has 0 amide bonds. The minimum Gasteiger partial charge on any atom is -0.317 e. The van der Waals surface area contributed by atoms with Gasteiger partial charge < -0.3 is 10.3 Å². The van der Waals surface area contributed by atoms with Gasteiger partial charge in [0.1, 0.15) is 0 Å². The van der Waals surface area contributed by atoms with Gasteiger partial charge in [0.25, 0.3) is 0 Å². The Kier molecular flexibility index (Phi) is 2.33. The van der Waals surface area contributed by atoms with Crippen LogP contribution in [0.5, 0.6) is 0 Å². The number of piperidine rings is 1. The van der Waals surface area contributed by atoms with E-state index in [9.17, 15) is 0 Å². The summed E-state index contributed by atoms with van der Waals surface area (Å²) in [6.45, 7) is 5.53. The van der Waals surface area contributed by atoms with E-state index in [1.807, 2.05) is 0 Å². The summed E-state index contributed by atoms with van der Waals surface area (Å²) in [5, 5.41) is 5.66. The van der Waals surface area contributed by atoms with Crippen LogP contribution in [0.25, 0.3) is 0 Å². The fourth-order valence-corrected chi connectivity index (χ4v) is 1.86. The van der Waals surface area contributed by atoms with Crippen molar-refractivity contribution in [2.75, 3.05) is 19.6 Å². The number of hydrazine groups is 1. The third kappa shape index (κ3) is 1.62. The first-order chi connectivity index (χ1) is 5.86. The van der Waals surface area contributed by atoms with Crippen molar-refractivity contribution >= 4 is 0 Å². The average Bonchev–Trinajstić information content (AvgIpc) is 2.54. The molecule has 2 N–H and O–H groups in total. The van der Waals surface area contributed by atoms with Gasteiger partial charge in [0.05, 0.1) is 0 Å². The molecule has 12 heavy (non-hydrogen) atoms. The number of nitrogens with one attached hydrogen (secondary N) is 2. The van der Waals surface area contributed by atoms with Crippen LogP contribution in [-0.2, 0) is 0 Å². The predicted octanol–water partition coefficient (Wildman–Crippen LogP) is 0.462. The van der Waals surface area contributed by atoms with Crippen LogP contribution in [0.2, 0.25) is 0 Å². The molecule has 0 bridgehead atoms. The van der Waals surface area contributed by atoms with Gasteiger partial charge in [0.2, 0.25) is 0 Å². The van der Waals surface area contributed by atoms with E-state index in [0.29, 0.717) is 6.04 Å². The summed E-state index contributed by atoms with van der Waals surface area (Å²) in [4.78, 5) is 0. The van der Waals surface area contributed by atoms with Crippen LogP contribution in [0.1, 0.15) is 19.8 Å². The summed E-state index contributed by atoms with van der Waals surface area (Å²) in [6.07, 6.45) is 4.77. The number of hydrogen-bond acceptors (Lipinski definition) is 3. The zero-order chi connectivity index (χ0) is 8.39. The molecule has 0 aromatic rings. The fraction of sp³-hybridized carbons (Fsp3) is 0.778. The maximum atomic E-state index is 3.39. The zero-order valence-corrected chi connectivity index (χ0v) is 7.64. The maximum absolute atomic E-state index is 3.39. The second kappa shape index (κ2) is 3.46. The van der Waals surface area contributed by atoms with Gasteiger partial charge in [-0.25, -0.2) is 5.43 Å². The Labute approximate surface area is 73.8 Å². The van der Waals surface area contributed by atoms with Gasteiger partial charge in [0, 0.05) is 18.8 Å².